The third-order valence-electron chi connectivity index (χ3n) is 5.74. The molecule has 1 aromatic carbocycles. The van der Waals surface area contributed by atoms with E-state index in [1.165, 1.54) is 5.56 Å². The lowest BCUT2D eigenvalue weighted by molar-refractivity contribution is -0.143. The van der Waals surface area contributed by atoms with Crippen LogP contribution in [0, 0.1) is 11.3 Å². The van der Waals surface area contributed by atoms with Crippen LogP contribution in [0.3, 0.4) is 0 Å². The molecule has 0 amide bonds. The van der Waals surface area contributed by atoms with Gasteiger partial charge in [-0.25, -0.2) is 0 Å². The number of esters is 1. The molecule has 0 radical (unpaired) electrons. The van der Waals surface area contributed by atoms with E-state index in [0.29, 0.717) is 31.5 Å². The fourth-order valence-electron chi connectivity index (χ4n) is 4.10. The number of guanidine groups is 1. The fourth-order valence-corrected chi connectivity index (χ4v) is 4.10. The maximum Gasteiger partial charge on any atom is 0.306 e. The van der Waals surface area contributed by atoms with Gasteiger partial charge in [-0.15, -0.1) is 0 Å². The molecule has 2 unspecified atom stereocenters. The summed E-state index contributed by atoms with van der Waals surface area (Å²) in [6.45, 7) is 10.1. The number of carbonyl (C=O) groups excluding carboxylic acids is 1. The van der Waals surface area contributed by atoms with Gasteiger partial charge in [0.1, 0.15) is 5.75 Å². The molecule has 154 valence electrons. The van der Waals surface area contributed by atoms with Crippen molar-refractivity contribution in [1.29, 1.82) is 0 Å². The molecule has 1 aliphatic heterocycles. The summed E-state index contributed by atoms with van der Waals surface area (Å²) in [5.74, 6) is 2.40. The number of benzene rings is 1. The number of carbonyl (C=O) groups is 1. The molecule has 1 aromatic rings. The predicted molar refractivity (Wildman–Crippen MR) is 111 cm³/mol. The largest absolute Gasteiger partial charge is 0.494 e. The van der Waals surface area contributed by atoms with Crippen molar-refractivity contribution >= 4 is 11.9 Å². The van der Waals surface area contributed by atoms with Crippen molar-refractivity contribution < 1.29 is 14.3 Å². The second-order valence-corrected chi connectivity index (χ2v) is 8.13. The second kappa shape index (κ2) is 9.30. The average Bonchev–Trinajstić information content (AvgIpc) is 3.22. The first kappa shape index (κ1) is 20.5. The van der Waals surface area contributed by atoms with Gasteiger partial charge in [0.05, 0.1) is 13.2 Å². The molecule has 0 bridgehead atoms. The molecule has 1 fully saturated rings. The van der Waals surface area contributed by atoms with Crippen molar-refractivity contribution in [3.63, 3.8) is 0 Å². The number of hydrogen-bond acceptors (Lipinski definition) is 6. The van der Waals surface area contributed by atoms with Crippen LogP contribution in [0.25, 0.3) is 0 Å². The van der Waals surface area contributed by atoms with Crippen LogP contribution < -0.4 is 15.4 Å². The topological polar surface area (TPSA) is 72.0 Å². The van der Waals surface area contributed by atoms with Crippen molar-refractivity contribution in [2.24, 2.45) is 16.3 Å². The van der Waals surface area contributed by atoms with Gasteiger partial charge < -0.3 is 20.1 Å². The number of aliphatic imine (C=N–C) groups is 1. The van der Waals surface area contributed by atoms with Crippen molar-refractivity contribution in [3.8, 4) is 5.75 Å². The van der Waals surface area contributed by atoms with E-state index in [1.54, 1.807) is 0 Å². The minimum atomic E-state index is -0.0972. The summed E-state index contributed by atoms with van der Waals surface area (Å²) in [5.41, 5.74) is 1.36. The van der Waals surface area contributed by atoms with Crippen LogP contribution in [-0.2, 0) is 9.53 Å². The summed E-state index contributed by atoms with van der Waals surface area (Å²) in [5, 5.41) is 6.56. The van der Waals surface area contributed by atoms with Gasteiger partial charge in [0.15, 0.2) is 5.96 Å². The Kier molecular flexibility index (Phi) is 6.81. The van der Waals surface area contributed by atoms with E-state index < -0.39 is 0 Å². The van der Waals surface area contributed by atoms with E-state index >= 15 is 0 Å². The van der Waals surface area contributed by atoms with E-state index in [9.17, 15) is 4.79 Å². The van der Waals surface area contributed by atoms with Gasteiger partial charge in [0, 0.05) is 26.1 Å². The summed E-state index contributed by atoms with van der Waals surface area (Å²) >= 11 is 0. The molecule has 1 aliphatic carbocycles. The third-order valence-corrected chi connectivity index (χ3v) is 5.74. The number of hydrogen-bond donors (Lipinski definition) is 2. The highest BCUT2D eigenvalue weighted by molar-refractivity contribution is 5.80. The zero-order valence-electron chi connectivity index (χ0n) is 17.3. The summed E-state index contributed by atoms with van der Waals surface area (Å²) in [6, 6.07) is 8.30. The predicted octanol–water partition coefficient (Wildman–Crippen LogP) is 3.09. The Labute approximate surface area is 168 Å². The van der Waals surface area contributed by atoms with E-state index in [1.807, 2.05) is 19.1 Å². The van der Waals surface area contributed by atoms with Gasteiger partial charge in [-0.3, -0.25) is 9.79 Å². The van der Waals surface area contributed by atoms with Crippen molar-refractivity contribution in [3.05, 3.63) is 29.8 Å². The van der Waals surface area contributed by atoms with Crippen LogP contribution in [0.5, 0.6) is 5.75 Å². The summed E-state index contributed by atoms with van der Waals surface area (Å²) in [7, 11) is 0. The molecule has 0 spiro atoms. The zero-order valence-corrected chi connectivity index (χ0v) is 17.3. The smallest absolute Gasteiger partial charge is 0.306 e. The molecule has 1 heterocycles. The minimum absolute atomic E-state index is 0.0972. The second-order valence-electron chi connectivity index (χ2n) is 8.13. The van der Waals surface area contributed by atoms with Crippen molar-refractivity contribution in [2.45, 2.75) is 46.0 Å². The number of rotatable bonds is 9. The number of ether oxygens (including phenoxy) is 2. The van der Waals surface area contributed by atoms with E-state index in [4.69, 9.17) is 9.47 Å². The lowest BCUT2D eigenvalue weighted by Gasteiger charge is -2.16. The molecule has 28 heavy (non-hydrogen) atoms. The Morgan fingerprint density at radius 2 is 2.25 bits per heavy atom. The van der Waals surface area contributed by atoms with Crippen LogP contribution >= 0.6 is 0 Å². The Hall–Kier alpha value is -2.24. The Bertz CT molecular complexity index is 702. The third kappa shape index (κ3) is 5.18. The normalized spacial score (nSPS) is 22.6. The first-order valence-corrected chi connectivity index (χ1v) is 10.4. The molecule has 2 N–H and O–H groups in total. The minimum Gasteiger partial charge on any atom is -0.494 e. The van der Waals surface area contributed by atoms with Crippen molar-refractivity contribution in [2.75, 3.05) is 32.8 Å². The molecular formula is C22H33N3O3. The van der Waals surface area contributed by atoms with Gasteiger partial charge in [-0.2, -0.15) is 0 Å². The highest BCUT2D eigenvalue weighted by Crippen LogP contribution is 2.66. The summed E-state index contributed by atoms with van der Waals surface area (Å²) in [4.78, 5) is 16.3. The van der Waals surface area contributed by atoms with Crippen LogP contribution in [0.15, 0.2) is 29.3 Å². The van der Waals surface area contributed by atoms with E-state index in [2.05, 4.69) is 41.6 Å². The molecular weight excluding hydrogens is 354 g/mol. The summed E-state index contributed by atoms with van der Waals surface area (Å²) < 4.78 is 11.1. The maximum atomic E-state index is 11.9. The van der Waals surface area contributed by atoms with Gasteiger partial charge in [-0.1, -0.05) is 26.0 Å². The molecule has 6 heteroatoms. The molecule has 0 aromatic heterocycles. The van der Waals surface area contributed by atoms with Gasteiger partial charge in [0.2, 0.25) is 0 Å². The molecule has 2 atom stereocenters. The van der Waals surface area contributed by atoms with Crippen LogP contribution in [0.1, 0.15) is 51.5 Å². The Morgan fingerprint density at radius 1 is 1.39 bits per heavy atom. The zero-order chi connectivity index (χ0) is 20.0. The van der Waals surface area contributed by atoms with Gasteiger partial charge >= 0.3 is 5.97 Å². The standard InChI is InChI=1S/C22H33N3O3/c1-4-27-19(26)15-18-20(22(18,2)3)16-8-5-9-17(14-16)28-13-7-12-25-21-23-10-6-11-24-21/h5,8-9,14,18,20H,4,6-7,10-13,15H2,1-3H3,(H2,23,24,25). The van der Waals surface area contributed by atoms with E-state index in [-0.39, 0.29) is 11.4 Å². The number of nitrogens with one attached hydrogen (secondary N) is 2. The first-order valence-electron chi connectivity index (χ1n) is 10.4. The van der Waals surface area contributed by atoms with Crippen molar-refractivity contribution in [1.82, 2.24) is 10.6 Å². The molecule has 2 aliphatic rings. The van der Waals surface area contributed by atoms with Crippen LogP contribution in [0.4, 0.5) is 0 Å². The van der Waals surface area contributed by atoms with E-state index in [0.717, 1.165) is 44.2 Å². The lowest BCUT2D eigenvalue weighted by atomic mass is 10.0. The molecule has 6 nitrogen and oxygen atoms in total. The quantitative estimate of drug-likeness (QED) is 0.503. The molecule has 3 rings (SSSR count). The molecule has 0 saturated heterocycles. The monoisotopic (exact) mass is 387 g/mol. The Morgan fingerprint density at radius 3 is 3.00 bits per heavy atom. The summed E-state index contributed by atoms with van der Waals surface area (Å²) in [6.07, 6.45) is 2.49. The highest BCUT2D eigenvalue weighted by atomic mass is 16.5. The maximum absolute atomic E-state index is 11.9. The average molecular weight is 388 g/mol. The molecule has 1 saturated carbocycles. The van der Waals surface area contributed by atoms with Gasteiger partial charge in [-0.05, 0) is 54.7 Å². The lowest BCUT2D eigenvalue weighted by Crippen LogP contribution is -2.41. The Balaban J connectivity index is 1.46. The number of nitrogens with zero attached hydrogens (tertiary/aromatic N) is 1. The highest BCUT2D eigenvalue weighted by Gasteiger charge is 2.58. The van der Waals surface area contributed by atoms with Crippen LogP contribution in [0.2, 0.25) is 0 Å². The van der Waals surface area contributed by atoms with Crippen LogP contribution in [-0.4, -0.2) is 44.8 Å². The van der Waals surface area contributed by atoms with Gasteiger partial charge in [0.25, 0.3) is 0 Å². The first-order chi connectivity index (χ1) is 13.5. The fraction of sp³-hybridized carbons (Fsp3) is 0.636. The SMILES string of the molecule is CCOC(=O)CC1C(c2cccc(OCCCNC3=NCCCN3)c2)C1(C)C.